The van der Waals surface area contributed by atoms with Crippen LogP contribution in [0.4, 0.5) is 35.0 Å². The third-order valence-corrected chi connectivity index (χ3v) is 7.73. The number of benzene rings is 3. The van der Waals surface area contributed by atoms with E-state index >= 15 is 0 Å². The SMILES string of the molecule is COCc1ccc(N(C)C)cc1N1C(=O)CSC1=NC(=O)Nc1ccc(-c2cn(-c3ccc(OC(F)(F)F)cc3)cn2)cc1C. The van der Waals surface area contributed by atoms with Crippen LogP contribution in [0.3, 0.4) is 0 Å². The van der Waals surface area contributed by atoms with Crippen LogP contribution in [-0.4, -0.2) is 60.0 Å². The molecule has 0 saturated carbocycles. The van der Waals surface area contributed by atoms with E-state index < -0.39 is 12.4 Å². The Hall–Kier alpha value is -4.82. The lowest BCUT2D eigenvalue weighted by Gasteiger charge is -2.22. The Labute approximate surface area is 261 Å². The molecule has 45 heavy (non-hydrogen) atoms. The highest BCUT2D eigenvalue weighted by atomic mass is 32.2. The normalized spacial score (nSPS) is 14.2. The molecule has 5 rings (SSSR count). The number of rotatable bonds is 8. The number of aliphatic imine (C=N–C) groups is 1. The molecular formula is C31H29F3N6O4S. The van der Waals surface area contributed by atoms with E-state index in [9.17, 15) is 22.8 Å². The Balaban J connectivity index is 1.31. The second-order valence-electron chi connectivity index (χ2n) is 10.2. The van der Waals surface area contributed by atoms with Gasteiger partial charge in [-0.05, 0) is 61.0 Å². The van der Waals surface area contributed by atoms with Gasteiger partial charge in [0.05, 0.1) is 30.1 Å². The Morgan fingerprint density at radius 2 is 1.87 bits per heavy atom. The summed E-state index contributed by atoms with van der Waals surface area (Å²) in [6.07, 6.45) is -1.47. The molecular weight excluding hydrogens is 609 g/mol. The van der Waals surface area contributed by atoms with Gasteiger partial charge in [0.25, 0.3) is 0 Å². The van der Waals surface area contributed by atoms with Gasteiger partial charge in [0.2, 0.25) is 5.91 Å². The molecule has 3 aromatic carbocycles. The van der Waals surface area contributed by atoms with Crippen molar-refractivity contribution < 1.29 is 32.2 Å². The standard InChI is InChI=1S/C31H29F3N6O4S/c1-19-13-20(26-15-39(18-35-26)22-8-10-24(11-9-22)44-31(32,33)34)6-12-25(19)36-29(42)37-30-40(28(41)17-45-30)27-14-23(38(2)3)7-5-21(27)16-43-4/h5-15,18H,16-17H2,1-4H3,(H,36,42). The van der Waals surface area contributed by atoms with Crippen molar-refractivity contribution in [2.24, 2.45) is 4.99 Å². The molecule has 3 amide bonds. The lowest BCUT2D eigenvalue weighted by molar-refractivity contribution is -0.274. The molecule has 14 heteroatoms. The average Bonchev–Trinajstić information content (AvgIpc) is 3.61. The Kier molecular flexibility index (Phi) is 9.16. The minimum absolute atomic E-state index is 0.149. The monoisotopic (exact) mass is 638 g/mol. The van der Waals surface area contributed by atoms with Crippen LogP contribution in [0, 0.1) is 6.92 Å². The smallest absolute Gasteiger partial charge is 0.406 e. The Bertz CT molecular complexity index is 1750. The number of imidazole rings is 1. The van der Waals surface area contributed by atoms with Crippen molar-refractivity contribution in [1.82, 2.24) is 9.55 Å². The van der Waals surface area contributed by atoms with Crippen molar-refractivity contribution in [3.8, 4) is 22.7 Å². The van der Waals surface area contributed by atoms with E-state index in [2.05, 4.69) is 20.0 Å². The number of methoxy groups -OCH3 is 1. The number of aryl methyl sites for hydroxylation is 1. The molecule has 234 valence electrons. The predicted octanol–water partition coefficient (Wildman–Crippen LogP) is 6.63. The van der Waals surface area contributed by atoms with E-state index in [0.717, 1.165) is 22.4 Å². The number of nitrogens with one attached hydrogen (secondary N) is 1. The average molecular weight is 639 g/mol. The van der Waals surface area contributed by atoms with Crippen molar-refractivity contribution in [2.45, 2.75) is 19.9 Å². The van der Waals surface area contributed by atoms with E-state index in [1.807, 2.05) is 50.2 Å². The summed E-state index contributed by atoms with van der Waals surface area (Å²) in [6.45, 7) is 2.11. The topological polar surface area (TPSA) is 101 Å². The second-order valence-corrected chi connectivity index (χ2v) is 11.2. The molecule has 0 spiro atoms. The van der Waals surface area contributed by atoms with Crippen molar-refractivity contribution in [2.75, 3.05) is 42.1 Å². The summed E-state index contributed by atoms with van der Waals surface area (Å²) >= 11 is 1.18. The Morgan fingerprint density at radius 1 is 1.11 bits per heavy atom. The fraction of sp³-hybridized carbons (Fsp3) is 0.226. The zero-order valence-electron chi connectivity index (χ0n) is 24.8. The number of carbonyl (C=O) groups excluding carboxylic acids is 2. The summed E-state index contributed by atoms with van der Waals surface area (Å²) in [5, 5.41) is 3.06. The van der Waals surface area contributed by atoms with Gasteiger partial charge >= 0.3 is 12.4 Å². The van der Waals surface area contributed by atoms with Gasteiger partial charge in [-0.2, -0.15) is 4.99 Å². The van der Waals surface area contributed by atoms with Crippen LogP contribution in [0.1, 0.15) is 11.1 Å². The number of amidine groups is 1. The number of halogens is 3. The van der Waals surface area contributed by atoms with Crippen LogP contribution < -0.4 is 19.9 Å². The number of urea groups is 1. The summed E-state index contributed by atoms with van der Waals surface area (Å²) in [6, 6.07) is 15.9. The second kappa shape index (κ2) is 13.0. The summed E-state index contributed by atoms with van der Waals surface area (Å²) in [7, 11) is 5.37. The molecule has 0 bridgehead atoms. The number of amides is 3. The maximum Gasteiger partial charge on any atom is 0.573 e. The first-order chi connectivity index (χ1) is 21.4. The van der Waals surface area contributed by atoms with Gasteiger partial charge < -0.3 is 24.3 Å². The fourth-order valence-corrected chi connectivity index (χ4v) is 5.48. The number of hydrogen-bond acceptors (Lipinski definition) is 7. The molecule has 0 radical (unpaired) electrons. The number of nitrogens with zero attached hydrogens (tertiary/aromatic N) is 5. The highest BCUT2D eigenvalue weighted by Crippen LogP contribution is 2.33. The molecule has 1 aromatic heterocycles. The first-order valence-corrected chi connectivity index (χ1v) is 14.6. The molecule has 0 unspecified atom stereocenters. The zero-order chi connectivity index (χ0) is 32.3. The van der Waals surface area contributed by atoms with Crippen LogP contribution in [0.15, 0.2) is 78.2 Å². The van der Waals surface area contributed by atoms with E-state index in [4.69, 9.17) is 4.74 Å². The van der Waals surface area contributed by atoms with Crippen molar-refractivity contribution in [3.63, 3.8) is 0 Å². The van der Waals surface area contributed by atoms with Crippen molar-refractivity contribution in [1.29, 1.82) is 0 Å². The van der Waals surface area contributed by atoms with E-state index in [1.54, 1.807) is 36.3 Å². The summed E-state index contributed by atoms with van der Waals surface area (Å²) in [4.78, 5) is 38.0. The van der Waals surface area contributed by atoms with Crippen LogP contribution in [0.2, 0.25) is 0 Å². The van der Waals surface area contributed by atoms with Gasteiger partial charge in [-0.15, -0.1) is 13.2 Å². The van der Waals surface area contributed by atoms with Crippen LogP contribution >= 0.6 is 11.8 Å². The van der Waals surface area contributed by atoms with Gasteiger partial charge in [0.15, 0.2) is 5.17 Å². The number of ether oxygens (including phenoxy) is 2. The molecule has 2 heterocycles. The third-order valence-electron chi connectivity index (χ3n) is 6.80. The van der Waals surface area contributed by atoms with Crippen LogP contribution in [-0.2, 0) is 16.1 Å². The molecule has 1 aliphatic rings. The maximum atomic E-state index is 13.0. The van der Waals surface area contributed by atoms with E-state index in [0.29, 0.717) is 22.8 Å². The lowest BCUT2D eigenvalue weighted by atomic mass is 10.1. The fourth-order valence-electron chi connectivity index (χ4n) is 4.62. The van der Waals surface area contributed by atoms with Crippen LogP contribution in [0.5, 0.6) is 5.75 Å². The zero-order valence-corrected chi connectivity index (χ0v) is 25.6. The van der Waals surface area contributed by atoms with Gasteiger partial charge in [-0.3, -0.25) is 9.69 Å². The molecule has 1 aliphatic heterocycles. The van der Waals surface area contributed by atoms with Gasteiger partial charge in [0.1, 0.15) is 5.75 Å². The predicted molar refractivity (Wildman–Crippen MR) is 168 cm³/mol. The largest absolute Gasteiger partial charge is 0.573 e. The molecule has 1 fully saturated rings. The molecule has 0 aliphatic carbocycles. The summed E-state index contributed by atoms with van der Waals surface area (Å²) in [5.74, 6) is -0.355. The quantitative estimate of drug-likeness (QED) is 0.231. The molecule has 4 aromatic rings. The number of aromatic nitrogens is 2. The number of carbonyl (C=O) groups is 2. The minimum atomic E-state index is -4.76. The first kappa shape index (κ1) is 31.6. The van der Waals surface area contributed by atoms with Crippen LogP contribution in [0.25, 0.3) is 16.9 Å². The summed E-state index contributed by atoms with van der Waals surface area (Å²) in [5.41, 5.74) is 5.54. The van der Waals surface area contributed by atoms with Gasteiger partial charge in [0, 0.05) is 55.6 Å². The number of hydrogen-bond donors (Lipinski definition) is 1. The highest BCUT2D eigenvalue weighted by Gasteiger charge is 2.33. The third kappa shape index (κ3) is 7.46. The first-order valence-electron chi connectivity index (χ1n) is 13.6. The number of thioether (sulfide) groups is 1. The van der Waals surface area contributed by atoms with Gasteiger partial charge in [-0.25, -0.2) is 9.78 Å². The molecule has 0 atom stereocenters. The van der Waals surface area contributed by atoms with Crippen molar-refractivity contribution >= 4 is 45.9 Å². The summed E-state index contributed by atoms with van der Waals surface area (Å²) < 4.78 is 48.3. The van der Waals surface area contributed by atoms with Crippen molar-refractivity contribution in [3.05, 3.63) is 84.3 Å². The number of alkyl halides is 3. The molecule has 1 N–H and O–H groups in total. The van der Waals surface area contributed by atoms with E-state index in [-0.39, 0.29) is 29.2 Å². The van der Waals surface area contributed by atoms with E-state index in [1.165, 1.54) is 40.9 Å². The molecule has 10 nitrogen and oxygen atoms in total. The lowest BCUT2D eigenvalue weighted by Crippen LogP contribution is -2.31. The number of anilines is 3. The Morgan fingerprint density at radius 3 is 2.53 bits per heavy atom. The highest BCUT2D eigenvalue weighted by molar-refractivity contribution is 8.15. The van der Waals surface area contributed by atoms with Gasteiger partial charge in [-0.1, -0.05) is 23.9 Å². The maximum absolute atomic E-state index is 13.0. The molecule has 1 saturated heterocycles. The minimum Gasteiger partial charge on any atom is -0.406 e.